The molecule has 0 spiro atoms. The Bertz CT molecular complexity index is 1120. The molecule has 2 N–H and O–H groups in total. The van der Waals surface area contributed by atoms with Crippen LogP contribution in [0.2, 0.25) is 0 Å². The lowest BCUT2D eigenvalue weighted by atomic mass is 10.1. The minimum Gasteiger partial charge on any atom is -0.480 e. The first-order chi connectivity index (χ1) is 13.9. The van der Waals surface area contributed by atoms with Gasteiger partial charge in [0.05, 0.1) is 16.3 Å². The minimum absolute atomic E-state index is 0.527. The number of nitrogens with one attached hydrogen (secondary N) is 1. The molecule has 0 aliphatic carbocycles. The van der Waals surface area contributed by atoms with Gasteiger partial charge in [-0.3, -0.25) is 9.00 Å². The second kappa shape index (κ2) is 7.83. The molecule has 3 aromatic rings. The summed E-state index contributed by atoms with van der Waals surface area (Å²) < 4.78 is 12.6. The topological polar surface area (TPSA) is 82.5 Å². The van der Waals surface area contributed by atoms with E-state index >= 15 is 0 Å². The number of pyridine rings is 1. The van der Waals surface area contributed by atoms with Crippen LogP contribution < -0.4 is 10.2 Å². The average Bonchev–Trinajstić information content (AvgIpc) is 2.87. The number of carboxylic acids is 1. The van der Waals surface area contributed by atoms with Crippen molar-refractivity contribution >= 4 is 39.2 Å². The van der Waals surface area contributed by atoms with E-state index in [0.717, 1.165) is 38.4 Å². The number of nitrogens with zero attached hydrogens (tertiary/aromatic N) is 2. The molecule has 6 nitrogen and oxygen atoms in total. The maximum absolute atomic E-state index is 12.6. The van der Waals surface area contributed by atoms with E-state index < -0.39 is 22.8 Å². The van der Waals surface area contributed by atoms with Gasteiger partial charge in [-0.25, -0.2) is 4.98 Å². The number of hydrogen-bond acceptors (Lipinski definition) is 5. The van der Waals surface area contributed by atoms with Crippen LogP contribution in [-0.2, 0) is 22.1 Å². The lowest BCUT2D eigenvalue weighted by Gasteiger charge is -2.24. The van der Waals surface area contributed by atoms with Crippen molar-refractivity contribution in [2.24, 2.45) is 0 Å². The number of aromatic nitrogens is 1. The van der Waals surface area contributed by atoms with Gasteiger partial charge in [0, 0.05) is 40.9 Å². The summed E-state index contributed by atoms with van der Waals surface area (Å²) in [6, 6.07) is 14.9. The Balaban J connectivity index is 1.79. The van der Waals surface area contributed by atoms with Crippen LogP contribution in [0.1, 0.15) is 18.1 Å². The van der Waals surface area contributed by atoms with Crippen molar-refractivity contribution in [3.05, 3.63) is 59.7 Å². The highest BCUT2D eigenvalue weighted by molar-refractivity contribution is 7.85. The first-order valence-electron chi connectivity index (χ1n) is 9.54. The fraction of sp³-hybridized carbons (Fsp3) is 0.273. The standard InChI is InChI=1S/C22H23N3O3S/c1-14-7-8-18-17(11-14)19(23-15(2)22(26)27)12-21(24-18)25-9-10-29(28)20-6-4-3-5-16(20)13-25/h3-8,11-12,15H,9-10,13H2,1-2H3,(H,23,24)(H,26,27). The molecule has 0 saturated heterocycles. The SMILES string of the molecule is Cc1ccc2nc(N3CCS(=O)c4ccccc4C3)cc(NC(C)C(=O)O)c2c1. The third-order valence-electron chi connectivity index (χ3n) is 5.14. The summed E-state index contributed by atoms with van der Waals surface area (Å²) in [5.74, 6) is 0.359. The number of aryl methyl sites for hydroxylation is 1. The zero-order valence-electron chi connectivity index (χ0n) is 16.4. The molecule has 2 aromatic carbocycles. The number of carboxylic acid groups (broad SMARTS) is 1. The maximum Gasteiger partial charge on any atom is 0.325 e. The van der Waals surface area contributed by atoms with Crippen LogP contribution in [0, 0.1) is 6.92 Å². The van der Waals surface area contributed by atoms with Crippen LogP contribution in [0.5, 0.6) is 0 Å². The first-order valence-corrected chi connectivity index (χ1v) is 10.9. The molecule has 7 heteroatoms. The molecule has 150 valence electrons. The fourth-order valence-corrected chi connectivity index (χ4v) is 4.80. The van der Waals surface area contributed by atoms with Crippen molar-refractivity contribution in [1.82, 2.24) is 4.98 Å². The number of benzene rings is 2. The van der Waals surface area contributed by atoms with Gasteiger partial charge in [-0.2, -0.15) is 0 Å². The summed E-state index contributed by atoms with van der Waals surface area (Å²) >= 11 is 0. The van der Waals surface area contributed by atoms with Gasteiger partial charge in [-0.05, 0) is 37.6 Å². The van der Waals surface area contributed by atoms with Gasteiger partial charge < -0.3 is 15.3 Å². The van der Waals surface area contributed by atoms with Gasteiger partial charge in [0.2, 0.25) is 0 Å². The van der Waals surface area contributed by atoms with E-state index in [9.17, 15) is 14.1 Å². The molecular weight excluding hydrogens is 386 g/mol. The molecule has 0 radical (unpaired) electrons. The Morgan fingerprint density at radius 1 is 1.24 bits per heavy atom. The monoisotopic (exact) mass is 409 g/mol. The number of anilines is 2. The fourth-order valence-electron chi connectivity index (χ4n) is 3.54. The normalized spacial score (nSPS) is 17.4. The van der Waals surface area contributed by atoms with Gasteiger partial charge >= 0.3 is 5.97 Å². The van der Waals surface area contributed by atoms with Crippen molar-refractivity contribution in [1.29, 1.82) is 0 Å². The van der Waals surface area contributed by atoms with Gasteiger partial charge in [-0.1, -0.05) is 29.8 Å². The van der Waals surface area contributed by atoms with Crippen molar-refractivity contribution < 1.29 is 14.1 Å². The zero-order chi connectivity index (χ0) is 20.5. The molecule has 29 heavy (non-hydrogen) atoms. The first kappa shape index (κ1) is 19.4. The summed E-state index contributed by atoms with van der Waals surface area (Å²) in [7, 11) is -1.04. The van der Waals surface area contributed by atoms with Crippen LogP contribution in [0.4, 0.5) is 11.5 Å². The van der Waals surface area contributed by atoms with E-state index in [2.05, 4.69) is 10.2 Å². The Kier molecular flexibility index (Phi) is 5.24. The quantitative estimate of drug-likeness (QED) is 0.686. The van der Waals surface area contributed by atoms with Crippen molar-refractivity contribution in [3.8, 4) is 0 Å². The Labute approximate surface area is 172 Å². The largest absolute Gasteiger partial charge is 0.480 e. The highest BCUT2D eigenvalue weighted by Crippen LogP contribution is 2.31. The summed E-state index contributed by atoms with van der Waals surface area (Å²) in [6.45, 7) is 4.84. The molecule has 1 aliphatic heterocycles. The third kappa shape index (κ3) is 3.96. The summed E-state index contributed by atoms with van der Waals surface area (Å²) in [5, 5.41) is 13.3. The third-order valence-corrected chi connectivity index (χ3v) is 6.58. The van der Waals surface area contributed by atoms with Gasteiger partial charge in [-0.15, -0.1) is 0 Å². The second-order valence-electron chi connectivity index (χ2n) is 7.33. The van der Waals surface area contributed by atoms with Crippen molar-refractivity contribution in [3.63, 3.8) is 0 Å². The zero-order valence-corrected chi connectivity index (χ0v) is 17.2. The van der Waals surface area contributed by atoms with Crippen LogP contribution in [-0.4, -0.2) is 38.6 Å². The molecule has 2 heterocycles. The Morgan fingerprint density at radius 2 is 2.03 bits per heavy atom. The molecule has 1 aromatic heterocycles. The van der Waals surface area contributed by atoms with E-state index in [0.29, 0.717) is 18.8 Å². The van der Waals surface area contributed by atoms with Gasteiger partial charge in [0.15, 0.2) is 0 Å². The summed E-state index contributed by atoms with van der Waals surface area (Å²) in [4.78, 5) is 19.2. The minimum atomic E-state index is -1.04. The summed E-state index contributed by atoms with van der Waals surface area (Å²) in [5.41, 5.74) is 3.65. The summed E-state index contributed by atoms with van der Waals surface area (Å²) in [6.07, 6.45) is 0. The molecule has 0 amide bonds. The number of fused-ring (bicyclic) bond motifs is 2. The Hall–Kier alpha value is -2.93. The lowest BCUT2D eigenvalue weighted by molar-refractivity contribution is -0.137. The van der Waals surface area contributed by atoms with E-state index in [1.807, 2.05) is 55.5 Å². The molecule has 0 fully saturated rings. The number of hydrogen-bond donors (Lipinski definition) is 2. The van der Waals surface area contributed by atoms with Crippen LogP contribution in [0.3, 0.4) is 0 Å². The Morgan fingerprint density at radius 3 is 2.83 bits per heavy atom. The lowest BCUT2D eigenvalue weighted by Crippen LogP contribution is -2.27. The highest BCUT2D eigenvalue weighted by atomic mass is 32.2. The molecule has 2 unspecified atom stereocenters. The molecule has 4 rings (SSSR count). The van der Waals surface area contributed by atoms with Crippen LogP contribution in [0.25, 0.3) is 10.9 Å². The number of rotatable bonds is 4. The predicted octanol–water partition coefficient (Wildman–Crippen LogP) is 3.56. The molecular formula is C22H23N3O3S. The van der Waals surface area contributed by atoms with Gasteiger partial charge in [0.1, 0.15) is 11.9 Å². The molecule has 0 bridgehead atoms. The molecule has 0 saturated carbocycles. The van der Waals surface area contributed by atoms with E-state index in [1.54, 1.807) is 6.92 Å². The average molecular weight is 410 g/mol. The second-order valence-corrected chi connectivity index (χ2v) is 8.87. The smallest absolute Gasteiger partial charge is 0.325 e. The highest BCUT2D eigenvalue weighted by Gasteiger charge is 2.21. The predicted molar refractivity (Wildman–Crippen MR) is 116 cm³/mol. The maximum atomic E-state index is 12.6. The van der Waals surface area contributed by atoms with Gasteiger partial charge in [0.25, 0.3) is 0 Å². The number of aliphatic carboxylic acids is 1. The number of carbonyl (C=O) groups is 1. The van der Waals surface area contributed by atoms with Crippen LogP contribution in [0.15, 0.2) is 53.4 Å². The van der Waals surface area contributed by atoms with E-state index in [1.165, 1.54) is 0 Å². The molecule has 1 aliphatic rings. The van der Waals surface area contributed by atoms with Crippen molar-refractivity contribution in [2.45, 2.75) is 31.3 Å². The van der Waals surface area contributed by atoms with E-state index in [4.69, 9.17) is 4.98 Å². The molecule has 2 atom stereocenters. The van der Waals surface area contributed by atoms with Crippen LogP contribution >= 0.6 is 0 Å². The van der Waals surface area contributed by atoms with Crippen molar-refractivity contribution in [2.75, 3.05) is 22.5 Å². The van der Waals surface area contributed by atoms with E-state index in [-0.39, 0.29) is 0 Å².